The second kappa shape index (κ2) is 5.93. The summed E-state index contributed by atoms with van der Waals surface area (Å²) in [5, 5.41) is 0. The van der Waals surface area contributed by atoms with Crippen LogP contribution in [0.25, 0.3) is 0 Å². The quantitative estimate of drug-likeness (QED) is 0.906. The van der Waals surface area contributed by atoms with Crippen LogP contribution >= 0.6 is 0 Å². The largest absolute Gasteiger partial charge is 0.493 e. The molecule has 0 aromatic heterocycles. The van der Waals surface area contributed by atoms with Gasteiger partial charge in [0.15, 0.2) is 0 Å². The second-order valence-corrected chi connectivity index (χ2v) is 5.64. The van der Waals surface area contributed by atoms with Crippen molar-refractivity contribution in [2.24, 2.45) is 5.73 Å². The van der Waals surface area contributed by atoms with Crippen molar-refractivity contribution >= 4 is 0 Å². The number of rotatable bonds is 4. The van der Waals surface area contributed by atoms with E-state index in [2.05, 4.69) is 18.2 Å². The van der Waals surface area contributed by atoms with Crippen molar-refractivity contribution in [3.63, 3.8) is 0 Å². The predicted molar refractivity (Wildman–Crippen MR) is 75.4 cm³/mol. The van der Waals surface area contributed by atoms with Gasteiger partial charge in [0.25, 0.3) is 0 Å². The van der Waals surface area contributed by atoms with Crippen molar-refractivity contribution in [1.29, 1.82) is 0 Å². The maximum Gasteiger partial charge on any atom is 0.122 e. The molecule has 2 N–H and O–H groups in total. The fraction of sp³-hybridized carbons (Fsp3) is 0.625. The van der Waals surface area contributed by atoms with Crippen molar-refractivity contribution in [3.05, 3.63) is 29.3 Å². The fourth-order valence-electron chi connectivity index (χ4n) is 3.00. The van der Waals surface area contributed by atoms with Crippen molar-refractivity contribution in [3.8, 4) is 5.75 Å². The predicted octanol–water partition coefficient (Wildman–Crippen LogP) is 2.97. The summed E-state index contributed by atoms with van der Waals surface area (Å²) in [5.41, 5.74) is 8.85. The van der Waals surface area contributed by atoms with Crippen LogP contribution in [0.3, 0.4) is 0 Å². The Kier molecular flexibility index (Phi) is 4.04. The van der Waals surface area contributed by atoms with E-state index in [0.29, 0.717) is 6.10 Å². The van der Waals surface area contributed by atoms with E-state index in [-0.39, 0.29) is 6.04 Å². The molecule has 0 amide bonds. The van der Waals surface area contributed by atoms with Crippen molar-refractivity contribution in [1.82, 2.24) is 0 Å². The zero-order valence-corrected chi connectivity index (χ0v) is 11.4. The minimum Gasteiger partial charge on any atom is -0.493 e. The molecular weight excluding hydrogens is 238 g/mol. The molecule has 1 aromatic carbocycles. The number of ether oxygens (including phenoxy) is 2. The van der Waals surface area contributed by atoms with Gasteiger partial charge in [0.1, 0.15) is 5.75 Å². The van der Waals surface area contributed by atoms with Crippen LogP contribution in [0.1, 0.15) is 49.3 Å². The van der Waals surface area contributed by atoms with E-state index >= 15 is 0 Å². The zero-order chi connectivity index (χ0) is 13.1. The van der Waals surface area contributed by atoms with Gasteiger partial charge >= 0.3 is 0 Å². The molecule has 1 fully saturated rings. The molecule has 2 aliphatic heterocycles. The molecule has 0 saturated carbocycles. The molecule has 2 heterocycles. The Morgan fingerprint density at radius 1 is 1.26 bits per heavy atom. The first kappa shape index (κ1) is 12.9. The first-order valence-corrected chi connectivity index (χ1v) is 7.46. The Labute approximate surface area is 115 Å². The molecule has 19 heavy (non-hydrogen) atoms. The monoisotopic (exact) mass is 261 g/mol. The Bertz CT molecular complexity index is 427. The van der Waals surface area contributed by atoms with Crippen LogP contribution in [0.4, 0.5) is 0 Å². The maximum atomic E-state index is 6.31. The third-order valence-electron chi connectivity index (χ3n) is 4.22. The summed E-state index contributed by atoms with van der Waals surface area (Å²) < 4.78 is 11.3. The van der Waals surface area contributed by atoms with E-state index in [1.165, 1.54) is 30.4 Å². The maximum absolute atomic E-state index is 6.31. The van der Waals surface area contributed by atoms with Gasteiger partial charge in [-0.1, -0.05) is 12.1 Å². The lowest BCUT2D eigenvalue weighted by molar-refractivity contribution is 0.00912. The van der Waals surface area contributed by atoms with Crippen molar-refractivity contribution < 1.29 is 9.47 Å². The van der Waals surface area contributed by atoms with E-state index in [1.54, 1.807) is 0 Å². The molecule has 1 aromatic rings. The molecule has 0 radical (unpaired) electrons. The van der Waals surface area contributed by atoms with Gasteiger partial charge in [0, 0.05) is 19.1 Å². The van der Waals surface area contributed by atoms with Gasteiger partial charge in [-0.05, 0) is 49.3 Å². The first-order valence-electron chi connectivity index (χ1n) is 7.46. The fourth-order valence-corrected chi connectivity index (χ4v) is 3.00. The van der Waals surface area contributed by atoms with E-state index in [0.717, 1.165) is 38.2 Å². The van der Waals surface area contributed by atoms with Crippen LogP contribution in [0, 0.1) is 0 Å². The minimum atomic E-state index is 0.122. The highest BCUT2D eigenvalue weighted by atomic mass is 16.5. The van der Waals surface area contributed by atoms with Crippen LogP contribution in [-0.2, 0) is 11.2 Å². The third kappa shape index (κ3) is 3.10. The van der Waals surface area contributed by atoms with Crippen LogP contribution in [0.2, 0.25) is 0 Å². The first-order chi connectivity index (χ1) is 9.33. The standard InChI is InChI=1S/C16H23NO2/c17-15(6-5-14-3-1-2-9-18-14)12-4-7-16-13(11-12)8-10-19-16/h4,7,11,14-15H,1-3,5-6,8-10,17H2. The molecule has 104 valence electrons. The van der Waals surface area contributed by atoms with Gasteiger partial charge < -0.3 is 15.2 Å². The lowest BCUT2D eigenvalue weighted by atomic mass is 9.96. The van der Waals surface area contributed by atoms with Gasteiger partial charge in [0.05, 0.1) is 12.7 Å². The van der Waals surface area contributed by atoms with Gasteiger partial charge in [-0.3, -0.25) is 0 Å². The van der Waals surface area contributed by atoms with Crippen LogP contribution in [0.5, 0.6) is 5.75 Å². The summed E-state index contributed by atoms with van der Waals surface area (Å²) in [4.78, 5) is 0. The van der Waals surface area contributed by atoms with Crippen LogP contribution in [-0.4, -0.2) is 19.3 Å². The van der Waals surface area contributed by atoms with Gasteiger partial charge in [-0.2, -0.15) is 0 Å². The van der Waals surface area contributed by atoms with E-state index in [1.807, 2.05) is 0 Å². The highest BCUT2D eigenvalue weighted by Crippen LogP contribution is 2.29. The molecule has 3 nitrogen and oxygen atoms in total. The molecule has 2 unspecified atom stereocenters. The molecule has 0 aliphatic carbocycles. The third-order valence-corrected chi connectivity index (χ3v) is 4.22. The lowest BCUT2D eigenvalue weighted by Crippen LogP contribution is -2.21. The zero-order valence-electron chi connectivity index (χ0n) is 11.4. The van der Waals surface area contributed by atoms with Gasteiger partial charge in [-0.25, -0.2) is 0 Å². The van der Waals surface area contributed by atoms with Gasteiger partial charge in [0.2, 0.25) is 0 Å². The molecule has 0 spiro atoms. The lowest BCUT2D eigenvalue weighted by Gasteiger charge is -2.24. The summed E-state index contributed by atoms with van der Waals surface area (Å²) in [6.45, 7) is 1.74. The highest BCUT2D eigenvalue weighted by Gasteiger charge is 2.18. The number of hydrogen-bond donors (Lipinski definition) is 1. The average molecular weight is 261 g/mol. The van der Waals surface area contributed by atoms with E-state index in [9.17, 15) is 0 Å². The summed E-state index contributed by atoms with van der Waals surface area (Å²) >= 11 is 0. The number of fused-ring (bicyclic) bond motifs is 1. The Balaban J connectivity index is 1.56. The minimum absolute atomic E-state index is 0.122. The number of nitrogens with two attached hydrogens (primary N) is 1. The highest BCUT2D eigenvalue weighted by molar-refractivity contribution is 5.40. The van der Waals surface area contributed by atoms with Crippen molar-refractivity contribution in [2.75, 3.05) is 13.2 Å². The number of hydrogen-bond acceptors (Lipinski definition) is 3. The van der Waals surface area contributed by atoms with E-state index in [4.69, 9.17) is 15.2 Å². The Morgan fingerprint density at radius 3 is 3.05 bits per heavy atom. The van der Waals surface area contributed by atoms with Gasteiger partial charge in [-0.15, -0.1) is 0 Å². The molecule has 1 saturated heterocycles. The second-order valence-electron chi connectivity index (χ2n) is 5.64. The molecule has 3 heteroatoms. The Morgan fingerprint density at radius 2 is 2.21 bits per heavy atom. The van der Waals surface area contributed by atoms with Crippen molar-refractivity contribution in [2.45, 2.75) is 50.7 Å². The Hall–Kier alpha value is -1.06. The summed E-state index contributed by atoms with van der Waals surface area (Å²) in [7, 11) is 0. The molecule has 0 bridgehead atoms. The SMILES string of the molecule is NC(CCC1CCCCO1)c1ccc2c(c1)CCO2. The topological polar surface area (TPSA) is 44.5 Å². The molecule has 2 aliphatic rings. The van der Waals surface area contributed by atoms with E-state index < -0.39 is 0 Å². The smallest absolute Gasteiger partial charge is 0.122 e. The summed E-state index contributed by atoms with van der Waals surface area (Å²) in [6, 6.07) is 6.51. The summed E-state index contributed by atoms with van der Waals surface area (Å²) in [6.07, 6.45) is 7.24. The molecule has 2 atom stereocenters. The number of benzene rings is 1. The normalized spacial score (nSPS) is 23.7. The van der Waals surface area contributed by atoms with Crippen LogP contribution < -0.4 is 10.5 Å². The average Bonchev–Trinajstić information content (AvgIpc) is 2.93. The molecule has 3 rings (SSSR count). The van der Waals surface area contributed by atoms with Crippen LogP contribution in [0.15, 0.2) is 18.2 Å². The molecular formula is C16H23NO2. The summed E-state index contributed by atoms with van der Waals surface area (Å²) in [5.74, 6) is 1.03.